The van der Waals surface area contributed by atoms with E-state index in [9.17, 15) is 18.6 Å². The average molecular weight is 490 g/mol. The Morgan fingerprint density at radius 1 is 1.18 bits per heavy atom. The van der Waals surface area contributed by atoms with E-state index in [1.807, 2.05) is 6.07 Å². The van der Waals surface area contributed by atoms with Gasteiger partial charge in [0.25, 0.3) is 0 Å². The zero-order valence-corrected chi connectivity index (χ0v) is 19.8. The number of esters is 1. The Balaban J connectivity index is 2.11. The van der Waals surface area contributed by atoms with Crippen LogP contribution >= 0.6 is 0 Å². The van der Waals surface area contributed by atoms with Gasteiger partial charge in [0.2, 0.25) is 11.1 Å². The molecule has 3 aromatic rings. The van der Waals surface area contributed by atoms with E-state index in [1.165, 1.54) is 4.57 Å². The monoisotopic (exact) mass is 489 g/mol. The molecule has 1 atom stereocenters. The lowest BCUT2D eigenvalue weighted by Gasteiger charge is -2.08. The Morgan fingerprint density at radius 2 is 1.88 bits per heavy atom. The van der Waals surface area contributed by atoms with E-state index in [0.717, 1.165) is 10.1 Å². The zero-order chi connectivity index (χ0) is 24.9. The number of carbonyl (C=O) groups is 2. The quantitative estimate of drug-likeness (QED) is 0.275. The fraction of sp³-hybridized carbons (Fsp3) is 0.381. The van der Waals surface area contributed by atoms with E-state index in [1.54, 1.807) is 38.1 Å². The van der Waals surface area contributed by atoms with Gasteiger partial charge in [-0.25, -0.2) is 23.3 Å². The highest BCUT2D eigenvalue weighted by atomic mass is 32.2. The fourth-order valence-corrected chi connectivity index (χ4v) is 4.61. The minimum atomic E-state index is -3.34. The van der Waals surface area contributed by atoms with Crippen molar-refractivity contribution < 1.29 is 18.5 Å². The van der Waals surface area contributed by atoms with Crippen molar-refractivity contribution in [3.05, 3.63) is 46.4 Å². The Hall–Kier alpha value is -3.58. The summed E-state index contributed by atoms with van der Waals surface area (Å²) in [5.41, 5.74) is 6.11. The molecule has 4 N–H and O–H groups in total. The number of aromatic nitrogens is 4. The average Bonchev–Trinajstić information content (AvgIpc) is 3.06. The smallest absolute Gasteiger partial charge is 0.337 e. The van der Waals surface area contributed by atoms with Crippen molar-refractivity contribution in [1.29, 1.82) is 4.78 Å². The summed E-state index contributed by atoms with van der Waals surface area (Å²) in [5.74, 6) is -1.44. The molecule has 0 bridgehead atoms. The molecule has 12 nitrogen and oxygen atoms in total. The molecule has 2 heterocycles. The Kier molecular flexibility index (Phi) is 7.79. The van der Waals surface area contributed by atoms with E-state index >= 15 is 0 Å². The van der Waals surface area contributed by atoms with Crippen LogP contribution in [0.1, 0.15) is 30.6 Å². The summed E-state index contributed by atoms with van der Waals surface area (Å²) in [6, 6.07) is 9.03. The first-order valence-electron chi connectivity index (χ1n) is 10.7. The highest BCUT2D eigenvalue weighted by molar-refractivity contribution is 7.92. The number of ether oxygens (including phenoxy) is 1. The van der Waals surface area contributed by atoms with E-state index in [4.69, 9.17) is 15.3 Å². The topological polar surface area (TPSA) is 175 Å². The lowest BCUT2D eigenvalue weighted by molar-refractivity contribution is -0.141. The number of carbonyl (C=O) groups excluding carboxylic acids is 2. The first-order chi connectivity index (χ1) is 16.2. The molecule has 3 rings (SSSR count). The molecule has 1 unspecified atom stereocenters. The molecule has 0 spiro atoms. The van der Waals surface area contributed by atoms with Gasteiger partial charge in [0.1, 0.15) is 15.2 Å². The van der Waals surface area contributed by atoms with Crippen molar-refractivity contribution in [2.45, 2.75) is 32.0 Å². The van der Waals surface area contributed by atoms with Crippen molar-refractivity contribution in [2.75, 3.05) is 31.2 Å². The fourth-order valence-electron chi connectivity index (χ4n) is 3.38. The van der Waals surface area contributed by atoms with Crippen LogP contribution in [0.25, 0.3) is 11.2 Å². The summed E-state index contributed by atoms with van der Waals surface area (Å²) in [6.07, 6.45) is 0.464. The maximum Gasteiger partial charge on any atom is 0.337 e. The van der Waals surface area contributed by atoms with Crippen LogP contribution in [-0.2, 0) is 25.8 Å². The first-order valence-corrected chi connectivity index (χ1v) is 12.4. The largest absolute Gasteiger partial charge is 0.465 e. The van der Waals surface area contributed by atoms with Crippen LogP contribution in [0.15, 0.2) is 40.3 Å². The van der Waals surface area contributed by atoms with Crippen molar-refractivity contribution in [3.8, 4) is 0 Å². The van der Waals surface area contributed by atoms with Gasteiger partial charge in [0, 0.05) is 5.75 Å². The summed E-state index contributed by atoms with van der Waals surface area (Å²) in [5, 5.41) is 2.35. The third-order valence-corrected chi connectivity index (χ3v) is 6.60. The Morgan fingerprint density at radius 3 is 2.53 bits per heavy atom. The number of hydrogen-bond donors (Lipinski definition) is 3. The molecule has 2 aromatic heterocycles. The summed E-state index contributed by atoms with van der Waals surface area (Å²) in [4.78, 5) is 46.1. The zero-order valence-electron chi connectivity index (χ0n) is 18.9. The van der Waals surface area contributed by atoms with Gasteiger partial charge in [-0.3, -0.25) is 19.5 Å². The molecule has 0 saturated carbocycles. The van der Waals surface area contributed by atoms with Crippen LogP contribution in [0, 0.1) is 4.78 Å². The number of hydrogen-bond acceptors (Lipinski definition) is 10. The Labute approximate surface area is 196 Å². The van der Waals surface area contributed by atoms with Crippen LogP contribution in [0.2, 0.25) is 0 Å². The van der Waals surface area contributed by atoms with E-state index in [2.05, 4.69) is 15.3 Å². The molecule has 13 heteroatoms. The standard InChI is InChI=1S/C21H27N7O5S/c1-3-10-34(23,32)20-25-18(22)17-19(26-20)27(13-14-8-6-5-7-9-14)21(31)28(17)15(29)11-24-12-16(30)33-4-2/h5-9,23-24H,3-4,10-13H2,1-2H3,(H2,22,25,26). The van der Waals surface area contributed by atoms with Gasteiger partial charge in [-0.15, -0.1) is 0 Å². The Bertz CT molecular complexity index is 1360. The third kappa shape index (κ3) is 5.31. The number of anilines is 1. The predicted molar refractivity (Wildman–Crippen MR) is 126 cm³/mol. The molecular formula is C21H27N7O5S. The summed E-state index contributed by atoms with van der Waals surface area (Å²) < 4.78 is 27.9. The number of nitrogens with two attached hydrogens (primary N) is 1. The molecule has 0 amide bonds. The number of fused-ring (bicyclic) bond motifs is 1. The predicted octanol–water partition coefficient (Wildman–Crippen LogP) is 0.832. The minimum Gasteiger partial charge on any atom is -0.465 e. The van der Waals surface area contributed by atoms with Crippen LogP contribution < -0.4 is 16.7 Å². The number of imidazole rings is 1. The number of benzene rings is 1. The van der Waals surface area contributed by atoms with Gasteiger partial charge in [-0.1, -0.05) is 37.3 Å². The SMILES string of the molecule is CCCS(=N)(=O)c1nc(N)c2c(n1)n(Cc1ccccc1)c(=O)n2C(=O)CNCC(=O)OCC. The molecule has 0 aliphatic heterocycles. The lowest BCUT2D eigenvalue weighted by Crippen LogP contribution is -2.37. The number of nitrogens with zero attached hydrogens (tertiary/aromatic N) is 4. The van der Waals surface area contributed by atoms with Gasteiger partial charge in [-0.05, 0) is 18.9 Å². The van der Waals surface area contributed by atoms with Crippen molar-refractivity contribution in [1.82, 2.24) is 24.4 Å². The number of nitrogen functional groups attached to an aromatic ring is 1. The summed E-state index contributed by atoms with van der Waals surface area (Å²) in [7, 11) is -3.34. The van der Waals surface area contributed by atoms with Crippen molar-refractivity contribution in [3.63, 3.8) is 0 Å². The molecule has 182 valence electrons. The molecule has 1 aromatic carbocycles. The van der Waals surface area contributed by atoms with Crippen LogP contribution in [0.4, 0.5) is 5.82 Å². The van der Waals surface area contributed by atoms with E-state index in [0.29, 0.717) is 6.42 Å². The van der Waals surface area contributed by atoms with E-state index in [-0.39, 0.29) is 54.1 Å². The minimum absolute atomic E-state index is 0.00572. The highest BCUT2D eigenvalue weighted by Crippen LogP contribution is 2.21. The maximum atomic E-state index is 13.3. The van der Waals surface area contributed by atoms with Crippen LogP contribution in [0.3, 0.4) is 0 Å². The second-order valence-corrected chi connectivity index (χ2v) is 9.56. The number of rotatable bonds is 10. The highest BCUT2D eigenvalue weighted by Gasteiger charge is 2.25. The summed E-state index contributed by atoms with van der Waals surface area (Å²) >= 11 is 0. The van der Waals surface area contributed by atoms with Gasteiger partial charge < -0.3 is 10.5 Å². The molecule has 34 heavy (non-hydrogen) atoms. The molecular weight excluding hydrogens is 462 g/mol. The van der Waals surface area contributed by atoms with Gasteiger partial charge in [-0.2, -0.15) is 4.98 Å². The lowest BCUT2D eigenvalue weighted by atomic mass is 10.2. The molecule has 0 fully saturated rings. The van der Waals surface area contributed by atoms with E-state index < -0.39 is 27.3 Å². The second-order valence-electron chi connectivity index (χ2n) is 7.44. The van der Waals surface area contributed by atoms with Gasteiger partial charge in [0.05, 0.1) is 26.2 Å². The van der Waals surface area contributed by atoms with Crippen molar-refractivity contribution >= 4 is 38.6 Å². The molecule has 0 radical (unpaired) electrons. The normalized spacial score (nSPS) is 13.0. The maximum absolute atomic E-state index is 13.3. The first kappa shape index (κ1) is 25.1. The molecule has 0 aliphatic rings. The number of nitrogens with one attached hydrogen (secondary N) is 2. The van der Waals surface area contributed by atoms with Gasteiger partial charge in [0.15, 0.2) is 11.5 Å². The third-order valence-electron chi connectivity index (χ3n) is 4.84. The van der Waals surface area contributed by atoms with Crippen LogP contribution in [-0.4, -0.2) is 60.6 Å². The van der Waals surface area contributed by atoms with Crippen molar-refractivity contribution in [2.24, 2.45) is 0 Å². The molecule has 0 aliphatic carbocycles. The van der Waals surface area contributed by atoms with Crippen LogP contribution in [0.5, 0.6) is 0 Å². The molecule has 0 saturated heterocycles. The summed E-state index contributed by atoms with van der Waals surface area (Å²) in [6.45, 7) is 3.14. The van der Waals surface area contributed by atoms with Gasteiger partial charge >= 0.3 is 11.7 Å². The second kappa shape index (κ2) is 10.6.